The zero-order valence-corrected chi connectivity index (χ0v) is 15.0. The maximum Gasteiger partial charge on any atom is 0.317 e. The zero-order valence-electron chi connectivity index (χ0n) is 15.0. The van der Waals surface area contributed by atoms with Crippen LogP contribution in [-0.4, -0.2) is 66.3 Å². The summed E-state index contributed by atoms with van der Waals surface area (Å²) < 4.78 is 6.16. The number of carbonyl (C=O) groups excluding carboxylic acids is 1. The third-order valence-electron chi connectivity index (χ3n) is 6.69. The number of likely N-dealkylation sites (tertiary alicyclic amines) is 2. The highest BCUT2D eigenvalue weighted by Crippen LogP contribution is 2.38. The van der Waals surface area contributed by atoms with E-state index in [-0.39, 0.29) is 11.6 Å². The summed E-state index contributed by atoms with van der Waals surface area (Å²) in [6.45, 7) is 5.09. The molecule has 0 radical (unpaired) electrons. The van der Waals surface area contributed by atoms with E-state index in [1.165, 1.54) is 58.0 Å². The Kier molecular flexibility index (Phi) is 5.00. The Bertz CT molecular complexity index is 438. The second-order valence-electron chi connectivity index (χ2n) is 8.36. The number of ether oxygens (including phenoxy) is 1. The Hall–Kier alpha value is -0.810. The van der Waals surface area contributed by atoms with Gasteiger partial charge in [0.1, 0.15) is 0 Å². The van der Waals surface area contributed by atoms with Crippen molar-refractivity contribution < 1.29 is 9.53 Å². The number of nitrogens with zero attached hydrogens (tertiary/aromatic N) is 2. The van der Waals surface area contributed by atoms with E-state index in [4.69, 9.17) is 4.74 Å². The van der Waals surface area contributed by atoms with Gasteiger partial charge in [0.25, 0.3) is 0 Å². The van der Waals surface area contributed by atoms with Crippen molar-refractivity contribution in [2.75, 3.05) is 32.8 Å². The molecule has 0 bridgehead atoms. The first-order valence-corrected chi connectivity index (χ1v) is 10.2. The van der Waals surface area contributed by atoms with Crippen LogP contribution >= 0.6 is 0 Å². The summed E-state index contributed by atoms with van der Waals surface area (Å²) in [5.41, 5.74) is 0.0670. The third-order valence-corrected chi connectivity index (χ3v) is 6.69. The van der Waals surface area contributed by atoms with Crippen LogP contribution in [-0.2, 0) is 4.74 Å². The quantitative estimate of drug-likeness (QED) is 0.844. The summed E-state index contributed by atoms with van der Waals surface area (Å²) in [5, 5.41) is 3.33. The number of urea groups is 1. The molecule has 1 spiro atoms. The number of nitrogens with one attached hydrogen (secondary N) is 1. The second kappa shape index (κ2) is 7.20. The summed E-state index contributed by atoms with van der Waals surface area (Å²) >= 11 is 0. The van der Waals surface area contributed by atoms with Crippen LogP contribution in [0.1, 0.15) is 64.2 Å². The van der Waals surface area contributed by atoms with Gasteiger partial charge in [0, 0.05) is 31.8 Å². The van der Waals surface area contributed by atoms with Gasteiger partial charge in [-0.2, -0.15) is 0 Å². The van der Waals surface area contributed by atoms with Crippen LogP contribution in [0.4, 0.5) is 4.79 Å². The fourth-order valence-electron chi connectivity index (χ4n) is 5.29. The molecule has 2 atom stereocenters. The maximum atomic E-state index is 12.7. The molecular formula is C19H33N3O2. The highest BCUT2D eigenvalue weighted by Gasteiger charge is 2.40. The smallest absolute Gasteiger partial charge is 0.317 e. The minimum Gasteiger partial charge on any atom is -0.375 e. The molecule has 3 aliphatic heterocycles. The molecule has 5 nitrogen and oxygen atoms in total. The van der Waals surface area contributed by atoms with Crippen molar-refractivity contribution in [1.29, 1.82) is 0 Å². The van der Waals surface area contributed by atoms with E-state index in [2.05, 4.69) is 10.2 Å². The molecule has 3 saturated heterocycles. The van der Waals surface area contributed by atoms with Crippen molar-refractivity contribution in [3.05, 3.63) is 0 Å². The van der Waals surface area contributed by atoms with Crippen molar-refractivity contribution in [3.63, 3.8) is 0 Å². The maximum absolute atomic E-state index is 12.7. The lowest BCUT2D eigenvalue weighted by Gasteiger charge is -2.43. The molecular weight excluding hydrogens is 302 g/mol. The van der Waals surface area contributed by atoms with Crippen molar-refractivity contribution in [2.24, 2.45) is 0 Å². The fraction of sp³-hybridized carbons (Fsp3) is 0.947. The van der Waals surface area contributed by atoms with Gasteiger partial charge in [-0.15, -0.1) is 0 Å². The SMILES string of the molecule is O=C(N[C@H]1CCOC2(CCCCC2)C1)N1CC[C@H](N2CCCC2)C1. The summed E-state index contributed by atoms with van der Waals surface area (Å²) in [6.07, 6.45) is 12.0. The van der Waals surface area contributed by atoms with Crippen LogP contribution in [0.5, 0.6) is 0 Å². The molecule has 2 amide bonds. The molecule has 1 saturated carbocycles. The largest absolute Gasteiger partial charge is 0.375 e. The molecule has 4 rings (SSSR count). The van der Waals surface area contributed by atoms with E-state index in [1.54, 1.807) is 0 Å². The summed E-state index contributed by atoms with van der Waals surface area (Å²) in [5.74, 6) is 0. The minimum absolute atomic E-state index is 0.0670. The Labute approximate surface area is 146 Å². The average Bonchev–Trinajstić information content (AvgIpc) is 3.27. The predicted molar refractivity (Wildman–Crippen MR) is 94.1 cm³/mol. The third kappa shape index (κ3) is 3.57. The van der Waals surface area contributed by atoms with E-state index in [9.17, 15) is 4.79 Å². The molecule has 0 aromatic heterocycles. The van der Waals surface area contributed by atoms with Crippen LogP contribution in [0.3, 0.4) is 0 Å². The average molecular weight is 335 g/mol. The van der Waals surface area contributed by atoms with Crippen LogP contribution in [0, 0.1) is 0 Å². The van der Waals surface area contributed by atoms with Gasteiger partial charge >= 0.3 is 6.03 Å². The number of hydrogen-bond acceptors (Lipinski definition) is 3. The standard InChI is InChI=1S/C19H33N3O2/c23-18(22-12-6-17(15-22)21-10-4-5-11-21)20-16-7-13-24-19(14-16)8-2-1-3-9-19/h16-17H,1-15H2,(H,20,23)/t16-,17-/m0/s1. The molecule has 3 heterocycles. The Balaban J connectivity index is 1.28. The molecule has 24 heavy (non-hydrogen) atoms. The Morgan fingerprint density at radius 2 is 1.79 bits per heavy atom. The topological polar surface area (TPSA) is 44.8 Å². The fourth-order valence-corrected chi connectivity index (χ4v) is 5.29. The molecule has 1 N–H and O–H groups in total. The lowest BCUT2D eigenvalue weighted by Crippen LogP contribution is -2.52. The van der Waals surface area contributed by atoms with Gasteiger partial charge in [0.2, 0.25) is 0 Å². The number of carbonyl (C=O) groups is 1. The van der Waals surface area contributed by atoms with Crippen LogP contribution < -0.4 is 5.32 Å². The normalized spacial score (nSPS) is 33.9. The lowest BCUT2D eigenvalue weighted by atomic mass is 9.78. The summed E-state index contributed by atoms with van der Waals surface area (Å²) in [4.78, 5) is 17.3. The summed E-state index contributed by atoms with van der Waals surface area (Å²) in [6, 6.07) is 1.06. The molecule has 5 heteroatoms. The predicted octanol–water partition coefficient (Wildman–Crippen LogP) is 2.75. The Morgan fingerprint density at radius 1 is 1.00 bits per heavy atom. The highest BCUT2D eigenvalue weighted by molar-refractivity contribution is 5.75. The number of amides is 2. The second-order valence-corrected chi connectivity index (χ2v) is 8.36. The van der Waals surface area contributed by atoms with Crippen LogP contribution in [0.15, 0.2) is 0 Å². The highest BCUT2D eigenvalue weighted by atomic mass is 16.5. The monoisotopic (exact) mass is 335 g/mol. The van der Waals surface area contributed by atoms with Gasteiger partial charge in [0.15, 0.2) is 0 Å². The van der Waals surface area contributed by atoms with E-state index in [0.29, 0.717) is 12.1 Å². The van der Waals surface area contributed by atoms with E-state index in [0.717, 1.165) is 39.0 Å². The first-order valence-electron chi connectivity index (χ1n) is 10.2. The van der Waals surface area contributed by atoms with Gasteiger partial charge in [-0.3, -0.25) is 4.90 Å². The first-order chi connectivity index (χ1) is 11.7. The summed E-state index contributed by atoms with van der Waals surface area (Å²) in [7, 11) is 0. The van der Waals surface area contributed by atoms with Crippen LogP contribution in [0.25, 0.3) is 0 Å². The van der Waals surface area contributed by atoms with Gasteiger partial charge in [-0.05, 0) is 58.0 Å². The number of rotatable bonds is 2. The van der Waals surface area contributed by atoms with E-state index >= 15 is 0 Å². The van der Waals surface area contributed by atoms with Crippen molar-refractivity contribution in [2.45, 2.75) is 81.9 Å². The van der Waals surface area contributed by atoms with Crippen molar-refractivity contribution in [1.82, 2.24) is 15.1 Å². The van der Waals surface area contributed by atoms with Crippen LogP contribution in [0.2, 0.25) is 0 Å². The molecule has 4 aliphatic rings. The molecule has 0 aromatic carbocycles. The van der Waals surface area contributed by atoms with Gasteiger partial charge in [-0.1, -0.05) is 19.3 Å². The molecule has 1 aliphatic carbocycles. The first kappa shape index (κ1) is 16.6. The Morgan fingerprint density at radius 3 is 2.58 bits per heavy atom. The lowest BCUT2D eigenvalue weighted by molar-refractivity contribution is -0.108. The van der Waals surface area contributed by atoms with Gasteiger partial charge < -0.3 is 15.0 Å². The van der Waals surface area contributed by atoms with E-state index in [1.807, 2.05) is 4.90 Å². The van der Waals surface area contributed by atoms with Crippen molar-refractivity contribution in [3.8, 4) is 0 Å². The van der Waals surface area contributed by atoms with E-state index < -0.39 is 0 Å². The molecule has 4 fully saturated rings. The molecule has 136 valence electrons. The minimum atomic E-state index is 0.0670. The number of hydrogen-bond donors (Lipinski definition) is 1. The van der Waals surface area contributed by atoms with Crippen molar-refractivity contribution >= 4 is 6.03 Å². The molecule has 0 aromatic rings. The molecule has 0 unspecified atom stereocenters. The zero-order chi connectivity index (χ0) is 16.4. The van der Waals surface area contributed by atoms with Gasteiger partial charge in [0.05, 0.1) is 5.60 Å². The van der Waals surface area contributed by atoms with Gasteiger partial charge in [-0.25, -0.2) is 4.79 Å².